The summed E-state index contributed by atoms with van der Waals surface area (Å²) in [6.45, 7) is 7.36. The number of carbonyl (C=O) groups excluding carboxylic acids is 2. The van der Waals surface area contributed by atoms with Gasteiger partial charge in [-0.1, -0.05) is 25.8 Å². The predicted molar refractivity (Wildman–Crippen MR) is 167 cm³/mol. The zero-order valence-corrected chi connectivity index (χ0v) is 26.0. The summed E-state index contributed by atoms with van der Waals surface area (Å²) in [5, 5.41) is 4.34. The topological polar surface area (TPSA) is 97.6 Å². The van der Waals surface area contributed by atoms with E-state index in [1.165, 1.54) is 19.4 Å². The molecule has 6 rings (SSSR count). The highest BCUT2D eigenvalue weighted by Crippen LogP contribution is 2.59. The van der Waals surface area contributed by atoms with Crippen molar-refractivity contribution >= 4 is 22.6 Å². The first-order chi connectivity index (χ1) is 20.9. The minimum Gasteiger partial charge on any atom is -0.496 e. The summed E-state index contributed by atoms with van der Waals surface area (Å²) in [6, 6.07) is 7.68. The number of likely N-dealkylation sites (tertiary alicyclic amines) is 1. The molecule has 1 aromatic carbocycles. The lowest BCUT2D eigenvalue weighted by Gasteiger charge is -2.33. The Hall–Kier alpha value is -3.26. The van der Waals surface area contributed by atoms with E-state index >= 15 is 0 Å². The maximum absolute atomic E-state index is 13.6. The molecule has 1 spiro atoms. The summed E-state index contributed by atoms with van der Waals surface area (Å²) in [7, 11) is 1.64. The number of ether oxygens (including phenoxy) is 1. The number of hydrogen-bond donors (Lipinski definition) is 1. The molecule has 8 heteroatoms. The Balaban J connectivity index is 1.15. The van der Waals surface area contributed by atoms with Crippen LogP contribution in [0.1, 0.15) is 95.2 Å². The fourth-order valence-electron chi connectivity index (χ4n) is 6.86. The van der Waals surface area contributed by atoms with Crippen LogP contribution in [-0.4, -0.2) is 53.3 Å². The Morgan fingerprint density at radius 1 is 1.16 bits per heavy atom. The number of carbonyl (C=O) groups is 2. The Bertz CT molecular complexity index is 1450. The third-order valence-electron chi connectivity index (χ3n) is 9.97. The number of pyridine rings is 1. The third-order valence-corrected chi connectivity index (χ3v) is 9.97. The molecule has 2 saturated carbocycles. The van der Waals surface area contributed by atoms with Crippen molar-refractivity contribution in [1.82, 2.24) is 20.2 Å². The van der Waals surface area contributed by atoms with E-state index in [1.54, 1.807) is 13.3 Å². The molecule has 1 aliphatic heterocycles. The van der Waals surface area contributed by atoms with Crippen LogP contribution >= 0.6 is 0 Å². The molecule has 3 heterocycles. The number of Topliss-reactive ketones (excluding diaryl/α,β-unsaturated/α-hetero) is 1. The molecule has 2 aliphatic carbocycles. The van der Waals surface area contributed by atoms with Crippen molar-refractivity contribution < 1.29 is 18.7 Å². The van der Waals surface area contributed by atoms with Crippen molar-refractivity contribution in [2.75, 3.05) is 26.7 Å². The highest BCUT2D eigenvalue weighted by Gasteiger charge is 2.58. The van der Waals surface area contributed by atoms with E-state index in [4.69, 9.17) is 9.15 Å². The molecule has 0 bridgehead atoms. The maximum Gasteiger partial charge on any atom is 0.224 e. The van der Waals surface area contributed by atoms with E-state index in [9.17, 15) is 9.59 Å². The van der Waals surface area contributed by atoms with Gasteiger partial charge in [0, 0.05) is 42.5 Å². The molecule has 3 aliphatic rings. The van der Waals surface area contributed by atoms with Gasteiger partial charge >= 0.3 is 0 Å². The summed E-state index contributed by atoms with van der Waals surface area (Å²) in [5.41, 5.74) is 2.79. The van der Waals surface area contributed by atoms with Crippen LogP contribution in [0.15, 0.2) is 34.9 Å². The summed E-state index contributed by atoms with van der Waals surface area (Å²) in [4.78, 5) is 37.3. The van der Waals surface area contributed by atoms with Gasteiger partial charge in [0.25, 0.3) is 0 Å². The monoisotopic (exact) mass is 586 g/mol. The first kappa shape index (κ1) is 29.8. The van der Waals surface area contributed by atoms with Crippen LogP contribution < -0.4 is 10.1 Å². The number of amides is 1. The highest BCUT2D eigenvalue weighted by molar-refractivity contribution is 5.87. The van der Waals surface area contributed by atoms with Gasteiger partial charge in [0.05, 0.1) is 24.4 Å². The van der Waals surface area contributed by atoms with E-state index in [0.717, 1.165) is 86.1 Å². The predicted octanol–water partition coefficient (Wildman–Crippen LogP) is 6.81. The van der Waals surface area contributed by atoms with Crippen LogP contribution in [0.4, 0.5) is 0 Å². The molecule has 2 aromatic heterocycles. The van der Waals surface area contributed by atoms with E-state index < -0.39 is 0 Å². The SMILES string of the molecule is CCC(=O)CCCCC[C@H](NC(=O)[C@H]1CC12CCN(CC1CC1)CC2)c1ncc(-c2cc3ccc(C)nc3cc2OC)o1. The van der Waals surface area contributed by atoms with Crippen molar-refractivity contribution in [2.24, 2.45) is 17.3 Å². The summed E-state index contributed by atoms with van der Waals surface area (Å²) in [6.07, 6.45) is 12.3. The van der Waals surface area contributed by atoms with Gasteiger partial charge < -0.3 is 19.4 Å². The van der Waals surface area contributed by atoms with Crippen molar-refractivity contribution in [3.05, 3.63) is 42.0 Å². The smallest absolute Gasteiger partial charge is 0.224 e. The second-order valence-corrected chi connectivity index (χ2v) is 13.2. The summed E-state index contributed by atoms with van der Waals surface area (Å²) in [5.74, 6) is 3.22. The normalized spacial score (nSPS) is 20.3. The molecule has 1 N–H and O–H groups in total. The molecular weight excluding hydrogens is 540 g/mol. The Morgan fingerprint density at radius 2 is 1.98 bits per heavy atom. The largest absolute Gasteiger partial charge is 0.496 e. The average Bonchev–Trinajstić information content (AvgIpc) is 3.92. The molecule has 3 aromatic rings. The van der Waals surface area contributed by atoms with E-state index in [2.05, 4.69) is 20.2 Å². The molecule has 230 valence electrons. The fraction of sp³-hybridized carbons (Fsp3) is 0.600. The number of benzene rings is 1. The standard InChI is InChI=1S/C35H46N4O4/c1-4-26(40)8-6-5-7-9-29(38-33(41)28-20-35(28)14-16-39(17-15-35)22-24-11-12-24)34-36-21-32(43-34)27-18-25-13-10-23(2)37-30(25)19-31(27)42-3/h10,13,18-19,21,24,28-29H,4-9,11-12,14-17,20,22H2,1-3H3,(H,38,41)/t28-,29+/m1/s1. The van der Waals surface area contributed by atoms with Gasteiger partial charge in [-0.3, -0.25) is 14.6 Å². The van der Waals surface area contributed by atoms with Crippen LogP contribution in [0.5, 0.6) is 5.75 Å². The summed E-state index contributed by atoms with van der Waals surface area (Å²) < 4.78 is 12.1. The van der Waals surface area contributed by atoms with Gasteiger partial charge in [0.15, 0.2) is 5.76 Å². The minimum absolute atomic E-state index is 0.0752. The Morgan fingerprint density at radius 3 is 2.72 bits per heavy atom. The number of piperidine rings is 1. The number of aryl methyl sites for hydroxylation is 1. The lowest BCUT2D eigenvalue weighted by molar-refractivity contribution is -0.124. The number of aromatic nitrogens is 2. The fourth-order valence-corrected chi connectivity index (χ4v) is 6.86. The van der Waals surface area contributed by atoms with Gasteiger partial charge in [-0.2, -0.15) is 0 Å². The van der Waals surface area contributed by atoms with Crippen LogP contribution in [0, 0.1) is 24.2 Å². The van der Waals surface area contributed by atoms with E-state index in [0.29, 0.717) is 36.0 Å². The minimum atomic E-state index is -0.313. The van der Waals surface area contributed by atoms with Crippen molar-refractivity contribution in [2.45, 2.75) is 90.5 Å². The number of hydrogen-bond acceptors (Lipinski definition) is 7. The summed E-state index contributed by atoms with van der Waals surface area (Å²) >= 11 is 0. The first-order valence-electron chi connectivity index (χ1n) is 16.3. The van der Waals surface area contributed by atoms with Gasteiger partial charge in [-0.15, -0.1) is 0 Å². The van der Waals surface area contributed by atoms with Crippen molar-refractivity contribution in [3.63, 3.8) is 0 Å². The number of nitrogens with zero attached hydrogens (tertiary/aromatic N) is 3. The molecule has 1 saturated heterocycles. The molecule has 2 atom stereocenters. The number of rotatable bonds is 14. The first-order valence-corrected chi connectivity index (χ1v) is 16.3. The third kappa shape index (κ3) is 6.95. The molecule has 0 unspecified atom stereocenters. The van der Waals surface area contributed by atoms with E-state index in [1.807, 2.05) is 38.1 Å². The Labute approximate surface area is 255 Å². The quantitative estimate of drug-likeness (QED) is 0.207. The van der Waals surface area contributed by atoms with Crippen molar-refractivity contribution in [3.8, 4) is 17.1 Å². The zero-order valence-electron chi connectivity index (χ0n) is 26.0. The maximum atomic E-state index is 13.6. The lowest BCUT2D eigenvalue weighted by Crippen LogP contribution is -2.38. The average molecular weight is 587 g/mol. The Kier molecular flexibility index (Phi) is 8.85. The van der Waals surface area contributed by atoms with E-state index in [-0.39, 0.29) is 23.3 Å². The van der Waals surface area contributed by atoms with Crippen LogP contribution in [-0.2, 0) is 9.59 Å². The molecule has 8 nitrogen and oxygen atoms in total. The van der Waals surface area contributed by atoms with Gasteiger partial charge in [0.1, 0.15) is 17.6 Å². The number of fused-ring (bicyclic) bond motifs is 1. The van der Waals surface area contributed by atoms with Crippen molar-refractivity contribution in [1.29, 1.82) is 0 Å². The second-order valence-electron chi connectivity index (χ2n) is 13.2. The molecule has 0 radical (unpaired) electrons. The van der Waals surface area contributed by atoms with Crippen LogP contribution in [0.25, 0.3) is 22.2 Å². The second kappa shape index (κ2) is 12.8. The lowest BCUT2D eigenvalue weighted by atomic mass is 9.90. The molecule has 3 fully saturated rings. The number of methoxy groups -OCH3 is 1. The number of ketones is 1. The van der Waals surface area contributed by atoms with Crippen LogP contribution in [0.3, 0.4) is 0 Å². The van der Waals surface area contributed by atoms with Gasteiger partial charge in [-0.25, -0.2) is 4.98 Å². The number of oxazole rings is 1. The molecular formula is C35H46N4O4. The van der Waals surface area contributed by atoms with Gasteiger partial charge in [-0.05, 0) is 88.4 Å². The van der Waals surface area contributed by atoms with Crippen LogP contribution in [0.2, 0.25) is 0 Å². The highest BCUT2D eigenvalue weighted by atomic mass is 16.5. The van der Waals surface area contributed by atoms with Gasteiger partial charge in [0.2, 0.25) is 11.8 Å². The number of nitrogens with one attached hydrogen (secondary N) is 1. The number of unbranched alkanes of at least 4 members (excludes halogenated alkanes) is 2. The molecule has 43 heavy (non-hydrogen) atoms. The zero-order chi connectivity index (χ0) is 30.0. The molecule has 1 amide bonds.